The molecule has 6 rings (SSSR count). The van der Waals surface area contributed by atoms with Crippen LogP contribution >= 0.6 is 0 Å². The lowest BCUT2D eigenvalue weighted by Gasteiger charge is -2.27. The second kappa shape index (κ2) is 9.79. The Morgan fingerprint density at radius 1 is 1.03 bits per heavy atom. The highest BCUT2D eigenvalue weighted by atomic mass is 19.1. The maximum absolute atomic E-state index is 15.2. The van der Waals surface area contributed by atoms with Crippen molar-refractivity contribution in [2.75, 3.05) is 26.2 Å². The number of imidazole rings is 1. The summed E-state index contributed by atoms with van der Waals surface area (Å²) in [5.41, 5.74) is 5.57. The van der Waals surface area contributed by atoms with E-state index in [9.17, 15) is 0 Å². The number of pyridine rings is 1. The fraction of sp³-hybridized carbons (Fsp3) is 0.407. The summed E-state index contributed by atoms with van der Waals surface area (Å²) in [6.45, 7) is 5.16. The first-order valence-electron chi connectivity index (χ1n) is 12.6. The number of nitrogens with zero attached hydrogens (tertiary/aromatic N) is 5. The third kappa shape index (κ3) is 5.23. The standard InChI is InChI=1S/C27H30FN7/c28-26-23(5-3-18-1-2-18)31-17-32-27(26)20-4-6-22-24(14-20)34-25(33-22)15-21-13-19(7-8-30-21)16-35-11-9-29-10-12-35/h4,6-8,13-14,17-18,29H,1-3,5,9-12,15-16H2,(H,33,34). The molecule has 2 fully saturated rings. The van der Waals surface area contributed by atoms with Gasteiger partial charge in [0, 0.05) is 56.6 Å². The zero-order valence-corrected chi connectivity index (χ0v) is 19.8. The SMILES string of the molecule is Fc1c(CCC2CC2)ncnc1-c1ccc2nc(Cc3cc(CN4CCNCC4)ccn3)[nH]c2c1. The van der Waals surface area contributed by atoms with E-state index in [-0.39, 0.29) is 5.82 Å². The minimum atomic E-state index is -0.308. The van der Waals surface area contributed by atoms with Crippen LogP contribution in [-0.4, -0.2) is 56.0 Å². The van der Waals surface area contributed by atoms with Gasteiger partial charge in [0.25, 0.3) is 0 Å². The van der Waals surface area contributed by atoms with Crippen LogP contribution in [-0.2, 0) is 19.4 Å². The van der Waals surface area contributed by atoms with Gasteiger partial charge in [-0.1, -0.05) is 18.9 Å². The molecule has 2 aliphatic rings. The monoisotopic (exact) mass is 471 g/mol. The summed E-state index contributed by atoms with van der Waals surface area (Å²) in [7, 11) is 0. The van der Waals surface area contributed by atoms with Crippen LogP contribution in [0.3, 0.4) is 0 Å². The fourth-order valence-corrected chi connectivity index (χ4v) is 4.84. The Morgan fingerprint density at radius 2 is 1.91 bits per heavy atom. The zero-order chi connectivity index (χ0) is 23.6. The van der Waals surface area contributed by atoms with Crippen molar-refractivity contribution in [3.63, 3.8) is 0 Å². The lowest BCUT2D eigenvalue weighted by molar-refractivity contribution is 0.233. The van der Waals surface area contributed by atoms with Gasteiger partial charge >= 0.3 is 0 Å². The number of nitrogens with one attached hydrogen (secondary N) is 2. The molecular formula is C27H30FN7. The maximum atomic E-state index is 15.2. The van der Waals surface area contributed by atoms with E-state index in [1.807, 2.05) is 24.4 Å². The first kappa shape index (κ1) is 22.2. The van der Waals surface area contributed by atoms with Gasteiger partial charge in [-0.3, -0.25) is 9.88 Å². The van der Waals surface area contributed by atoms with Gasteiger partial charge in [0.05, 0.1) is 16.7 Å². The van der Waals surface area contributed by atoms with Gasteiger partial charge in [0.1, 0.15) is 17.8 Å². The summed E-state index contributed by atoms with van der Waals surface area (Å²) in [5, 5.41) is 3.39. The van der Waals surface area contributed by atoms with Crippen LogP contribution in [0, 0.1) is 11.7 Å². The molecule has 4 heterocycles. The first-order valence-corrected chi connectivity index (χ1v) is 12.6. The molecule has 1 aliphatic carbocycles. The van der Waals surface area contributed by atoms with E-state index in [0.29, 0.717) is 24.2 Å². The highest BCUT2D eigenvalue weighted by molar-refractivity contribution is 5.81. The van der Waals surface area contributed by atoms with Crippen LogP contribution < -0.4 is 5.32 Å². The van der Waals surface area contributed by atoms with Crippen LogP contribution in [0.15, 0.2) is 42.9 Å². The molecule has 2 N–H and O–H groups in total. The number of H-pyrrole nitrogens is 1. The van der Waals surface area contributed by atoms with E-state index < -0.39 is 0 Å². The van der Waals surface area contributed by atoms with E-state index in [1.165, 1.54) is 24.7 Å². The van der Waals surface area contributed by atoms with E-state index in [2.05, 4.69) is 42.3 Å². The molecule has 3 aromatic heterocycles. The number of rotatable bonds is 8. The number of hydrogen-bond acceptors (Lipinski definition) is 6. The molecule has 0 atom stereocenters. The minimum absolute atomic E-state index is 0.308. The average molecular weight is 472 g/mol. The third-order valence-corrected chi connectivity index (χ3v) is 7.00. The van der Waals surface area contributed by atoms with Crippen LogP contribution in [0.25, 0.3) is 22.3 Å². The van der Waals surface area contributed by atoms with Crippen LogP contribution in [0.1, 0.15) is 42.0 Å². The van der Waals surface area contributed by atoms with Crippen LogP contribution in [0.5, 0.6) is 0 Å². The number of aryl methyl sites for hydroxylation is 1. The Balaban J connectivity index is 1.19. The Bertz CT molecular complexity index is 1320. The Labute approximate surface area is 204 Å². The quantitative estimate of drug-likeness (QED) is 0.406. The Morgan fingerprint density at radius 3 is 2.77 bits per heavy atom. The van der Waals surface area contributed by atoms with E-state index in [4.69, 9.17) is 4.98 Å². The van der Waals surface area contributed by atoms with Crippen molar-refractivity contribution in [3.8, 4) is 11.3 Å². The summed E-state index contributed by atoms with van der Waals surface area (Å²) in [5.74, 6) is 1.28. The number of piperazine rings is 1. The lowest BCUT2D eigenvalue weighted by atomic mass is 10.1. The molecule has 1 aromatic carbocycles. The number of aromatic nitrogens is 5. The first-order chi connectivity index (χ1) is 17.2. The predicted molar refractivity (Wildman–Crippen MR) is 133 cm³/mol. The fourth-order valence-electron chi connectivity index (χ4n) is 4.84. The third-order valence-electron chi connectivity index (χ3n) is 7.00. The van der Waals surface area contributed by atoms with E-state index in [1.54, 1.807) is 0 Å². The van der Waals surface area contributed by atoms with Crippen molar-refractivity contribution in [2.24, 2.45) is 5.92 Å². The number of halogens is 1. The predicted octanol–water partition coefficient (Wildman–Crippen LogP) is 3.89. The molecule has 8 heteroatoms. The smallest absolute Gasteiger partial charge is 0.170 e. The largest absolute Gasteiger partial charge is 0.342 e. The average Bonchev–Trinajstić information content (AvgIpc) is 3.62. The topological polar surface area (TPSA) is 82.6 Å². The molecule has 0 bridgehead atoms. The summed E-state index contributed by atoms with van der Waals surface area (Å²) in [6, 6.07) is 9.99. The maximum Gasteiger partial charge on any atom is 0.170 e. The minimum Gasteiger partial charge on any atom is -0.342 e. The number of fused-ring (bicyclic) bond motifs is 1. The summed E-state index contributed by atoms with van der Waals surface area (Å²) >= 11 is 0. The van der Waals surface area contributed by atoms with Gasteiger partial charge in [-0.15, -0.1) is 0 Å². The summed E-state index contributed by atoms with van der Waals surface area (Å²) in [4.78, 5) is 23.6. The molecule has 0 amide bonds. The van der Waals surface area contributed by atoms with E-state index in [0.717, 1.165) is 73.2 Å². The van der Waals surface area contributed by atoms with Gasteiger partial charge in [-0.25, -0.2) is 19.3 Å². The number of hydrogen-bond donors (Lipinski definition) is 2. The van der Waals surface area contributed by atoms with Gasteiger partial charge in [0.15, 0.2) is 5.82 Å². The van der Waals surface area contributed by atoms with Crippen LogP contribution in [0.2, 0.25) is 0 Å². The van der Waals surface area contributed by atoms with Gasteiger partial charge in [-0.05, 0) is 48.6 Å². The molecule has 0 unspecified atom stereocenters. The molecule has 35 heavy (non-hydrogen) atoms. The van der Waals surface area contributed by atoms with Crippen molar-refractivity contribution < 1.29 is 4.39 Å². The lowest BCUT2D eigenvalue weighted by Crippen LogP contribution is -2.42. The number of aromatic amines is 1. The molecule has 4 aromatic rings. The summed E-state index contributed by atoms with van der Waals surface area (Å²) < 4.78 is 15.2. The van der Waals surface area contributed by atoms with Crippen molar-refractivity contribution in [3.05, 3.63) is 71.4 Å². The normalized spacial score (nSPS) is 16.7. The Kier molecular flexibility index (Phi) is 6.22. The molecule has 0 radical (unpaired) electrons. The molecule has 1 saturated heterocycles. The highest BCUT2D eigenvalue weighted by Crippen LogP contribution is 2.34. The van der Waals surface area contributed by atoms with Gasteiger partial charge in [0.2, 0.25) is 0 Å². The molecule has 1 saturated carbocycles. The molecule has 1 aliphatic heterocycles. The second-order valence-electron chi connectivity index (χ2n) is 9.74. The summed E-state index contributed by atoms with van der Waals surface area (Å²) in [6.07, 6.45) is 8.16. The van der Waals surface area contributed by atoms with E-state index >= 15 is 4.39 Å². The van der Waals surface area contributed by atoms with Gasteiger partial charge in [-0.2, -0.15) is 0 Å². The molecule has 0 spiro atoms. The zero-order valence-electron chi connectivity index (χ0n) is 19.8. The van der Waals surface area contributed by atoms with Crippen molar-refractivity contribution in [1.29, 1.82) is 0 Å². The Hall–Kier alpha value is -3.23. The van der Waals surface area contributed by atoms with Gasteiger partial charge < -0.3 is 10.3 Å². The molecular weight excluding hydrogens is 441 g/mol. The van der Waals surface area contributed by atoms with Crippen LogP contribution in [0.4, 0.5) is 4.39 Å². The molecule has 7 nitrogen and oxygen atoms in total. The second-order valence-corrected chi connectivity index (χ2v) is 9.74. The molecule has 180 valence electrons. The highest BCUT2D eigenvalue weighted by Gasteiger charge is 2.22. The van der Waals surface area contributed by atoms with Crippen molar-refractivity contribution in [1.82, 2.24) is 35.1 Å². The number of benzene rings is 1. The van der Waals surface area contributed by atoms with Crippen molar-refractivity contribution in [2.45, 2.75) is 38.6 Å². The van der Waals surface area contributed by atoms with Crippen molar-refractivity contribution >= 4 is 11.0 Å².